The van der Waals surface area contributed by atoms with Gasteiger partial charge < -0.3 is 9.13 Å². The topological polar surface area (TPSA) is 68.3 Å². The number of aryl methyl sites for hydroxylation is 5. The van der Waals surface area contributed by atoms with Gasteiger partial charge in [0.05, 0.1) is 0 Å². The van der Waals surface area contributed by atoms with Crippen LogP contribution in [-0.2, 0) is 9.13 Å². The van der Waals surface area contributed by atoms with Gasteiger partial charge in [-0.1, -0.05) is 157 Å². The van der Waals surface area contributed by atoms with Gasteiger partial charge in [0.25, 0.3) is 0 Å². The Labute approximate surface area is 289 Å². The van der Waals surface area contributed by atoms with Crippen LogP contribution in [0.25, 0.3) is 0 Å². The molecule has 6 aromatic carbocycles. The van der Waals surface area contributed by atoms with E-state index in [2.05, 4.69) is 0 Å². The fourth-order valence-corrected chi connectivity index (χ4v) is 11.5. The Hall–Kier alpha value is -4.88. The van der Waals surface area contributed by atoms with Crippen molar-refractivity contribution in [1.82, 2.24) is 0 Å². The zero-order valence-corrected chi connectivity index (χ0v) is 30.3. The summed E-state index contributed by atoms with van der Waals surface area (Å²) in [5, 5.41) is 2.30. The quantitative estimate of drug-likeness (QED) is 0.150. The van der Waals surface area contributed by atoms with Gasteiger partial charge in [0, 0.05) is 32.3 Å². The van der Waals surface area contributed by atoms with Crippen LogP contribution in [0, 0.1) is 34.6 Å². The van der Waals surface area contributed by atoms with Crippen LogP contribution in [0.3, 0.4) is 0 Å². The summed E-state index contributed by atoms with van der Waals surface area (Å²) in [7, 11) is -6.87. The number of carbonyl (C=O) groups is 2. The Balaban J connectivity index is 0.000000191. The molecule has 6 aromatic rings. The minimum atomic E-state index is -3.44. The summed E-state index contributed by atoms with van der Waals surface area (Å²) in [6, 6.07) is 45.9. The first-order valence-corrected chi connectivity index (χ1v) is 19.6. The molecule has 0 bridgehead atoms. The third-order valence-corrected chi connectivity index (χ3v) is 14.3. The molecule has 49 heavy (non-hydrogen) atoms. The van der Waals surface area contributed by atoms with Crippen molar-refractivity contribution >= 4 is 46.6 Å². The smallest absolute Gasteiger partial charge is 0.230 e. The van der Waals surface area contributed by atoms with Crippen molar-refractivity contribution in [3.8, 4) is 0 Å². The normalized spacial score (nSPS) is 11.3. The van der Waals surface area contributed by atoms with E-state index in [1.165, 1.54) is 0 Å². The molecule has 0 unspecified atom stereocenters. The molecule has 0 aliphatic carbocycles. The van der Waals surface area contributed by atoms with E-state index in [0.717, 1.165) is 27.8 Å². The summed E-state index contributed by atoms with van der Waals surface area (Å²) in [4.78, 5) is 27.0. The number of hydrogen-bond acceptors (Lipinski definition) is 4. The van der Waals surface area contributed by atoms with Crippen molar-refractivity contribution in [2.24, 2.45) is 0 Å². The monoisotopic (exact) mass is 682 g/mol. The summed E-state index contributed by atoms with van der Waals surface area (Å²) in [6.45, 7) is 9.60. The molecule has 0 aromatic heterocycles. The van der Waals surface area contributed by atoms with E-state index in [1.54, 1.807) is 48.5 Å². The Morgan fingerprint density at radius 1 is 0.367 bits per heavy atom. The maximum atomic E-state index is 14.2. The van der Waals surface area contributed by atoms with E-state index >= 15 is 0 Å². The molecule has 0 N–H and O–H groups in total. The van der Waals surface area contributed by atoms with Crippen LogP contribution in [-0.4, -0.2) is 11.0 Å². The predicted octanol–water partition coefficient (Wildman–Crippen LogP) is 9.22. The van der Waals surface area contributed by atoms with Crippen LogP contribution < -0.4 is 21.2 Å². The van der Waals surface area contributed by atoms with E-state index in [0.29, 0.717) is 32.3 Å². The lowest BCUT2D eigenvalue weighted by atomic mass is 10.0. The summed E-state index contributed by atoms with van der Waals surface area (Å²) in [6.07, 6.45) is 0. The van der Waals surface area contributed by atoms with Crippen LogP contribution in [0.2, 0.25) is 0 Å². The van der Waals surface area contributed by atoms with Gasteiger partial charge in [0.1, 0.15) is 0 Å². The fraction of sp³-hybridized carbons (Fsp3) is 0.116. The highest BCUT2D eigenvalue weighted by atomic mass is 31.2. The molecule has 0 saturated heterocycles. The minimum absolute atomic E-state index is 0.292. The van der Waals surface area contributed by atoms with Gasteiger partial charge in [-0.25, -0.2) is 0 Å². The van der Waals surface area contributed by atoms with Gasteiger partial charge in [-0.3, -0.25) is 9.59 Å². The van der Waals surface area contributed by atoms with Crippen LogP contribution in [0.1, 0.15) is 48.5 Å². The lowest BCUT2D eigenvalue weighted by molar-refractivity contribution is 0.106. The number of benzene rings is 6. The van der Waals surface area contributed by atoms with Gasteiger partial charge in [-0.05, 0) is 56.9 Å². The Morgan fingerprint density at radius 3 is 0.918 bits per heavy atom. The first kappa shape index (κ1) is 35.4. The Bertz CT molecular complexity index is 2060. The summed E-state index contributed by atoms with van der Waals surface area (Å²) < 4.78 is 28.2. The van der Waals surface area contributed by atoms with Crippen LogP contribution in [0.5, 0.6) is 0 Å². The molecule has 0 saturated carbocycles. The number of hydrogen-bond donors (Lipinski definition) is 0. The van der Waals surface area contributed by atoms with Gasteiger partial charge in [-0.2, -0.15) is 0 Å². The summed E-state index contributed by atoms with van der Waals surface area (Å²) >= 11 is 0. The van der Waals surface area contributed by atoms with Crippen molar-refractivity contribution in [3.63, 3.8) is 0 Å². The van der Waals surface area contributed by atoms with Crippen molar-refractivity contribution in [3.05, 3.63) is 191 Å². The molecule has 246 valence electrons. The Kier molecular flexibility index (Phi) is 10.9. The number of carbonyl (C=O) groups excluding carboxylic acids is 2. The molecule has 0 fully saturated rings. The van der Waals surface area contributed by atoms with E-state index in [1.807, 2.05) is 138 Å². The molecule has 0 heterocycles. The van der Waals surface area contributed by atoms with E-state index in [9.17, 15) is 18.7 Å². The maximum absolute atomic E-state index is 14.2. The largest absolute Gasteiger partial charge is 0.305 e. The van der Waals surface area contributed by atoms with E-state index < -0.39 is 14.3 Å². The molecule has 0 amide bonds. The third kappa shape index (κ3) is 7.13. The van der Waals surface area contributed by atoms with Gasteiger partial charge in [0.15, 0.2) is 0 Å². The van der Waals surface area contributed by atoms with Crippen molar-refractivity contribution < 1.29 is 18.7 Å². The molecule has 0 aliphatic heterocycles. The summed E-state index contributed by atoms with van der Waals surface area (Å²) in [5.74, 6) is 0. The van der Waals surface area contributed by atoms with Gasteiger partial charge in [0.2, 0.25) is 25.3 Å². The molecule has 6 heteroatoms. The molecule has 0 spiro atoms. The van der Waals surface area contributed by atoms with Crippen LogP contribution >= 0.6 is 14.3 Å². The average Bonchev–Trinajstić information content (AvgIpc) is 3.12. The second-order valence-electron chi connectivity index (χ2n) is 12.2. The van der Waals surface area contributed by atoms with Crippen LogP contribution in [0.15, 0.2) is 152 Å². The Morgan fingerprint density at radius 2 is 0.633 bits per heavy atom. The molecule has 0 radical (unpaired) electrons. The highest BCUT2D eigenvalue weighted by Gasteiger charge is 2.39. The molecule has 0 atom stereocenters. The molecular formula is C43H40O4P2. The SMILES string of the molecule is Cc1cc(C)c(C(=O)P(=O)(c2ccccc2)c2ccccc2)c(C)c1.Cc1cccc(C)c1C(=O)P(=O)(c1ccccc1)c1ccccc1. The van der Waals surface area contributed by atoms with Crippen molar-refractivity contribution in [2.45, 2.75) is 34.6 Å². The van der Waals surface area contributed by atoms with Gasteiger partial charge in [-0.15, -0.1) is 0 Å². The lowest BCUT2D eigenvalue weighted by Crippen LogP contribution is -2.23. The minimum Gasteiger partial charge on any atom is -0.305 e. The molecular weight excluding hydrogens is 642 g/mol. The first-order chi connectivity index (χ1) is 23.5. The van der Waals surface area contributed by atoms with Crippen molar-refractivity contribution in [1.29, 1.82) is 0 Å². The highest BCUT2D eigenvalue weighted by molar-refractivity contribution is 7.94. The highest BCUT2D eigenvalue weighted by Crippen LogP contribution is 2.49. The fourth-order valence-electron chi connectivity index (χ4n) is 6.30. The predicted molar refractivity (Wildman–Crippen MR) is 205 cm³/mol. The molecule has 4 nitrogen and oxygen atoms in total. The van der Waals surface area contributed by atoms with Gasteiger partial charge >= 0.3 is 0 Å². The first-order valence-electron chi connectivity index (χ1n) is 16.2. The zero-order chi connectivity index (χ0) is 35.2. The average molecular weight is 683 g/mol. The third-order valence-electron chi connectivity index (χ3n) is 8.64. The maximum Gasteiger partial charge on any atom is 0.230 e. The zero-order valence-electron chi connectivity index (χ0n) is 28.5. The standard InChI is InChI=1S/C22H21O2P.C21H19O2P/c1-16-14-17(2)21(18(3)15-16)22(23)25(24,19-10-6-4-7-11-19)20-12-8-5-9-13-20;1-16-10-9-11-17(2)20(16)21(22)24(23,18-12-5-3-6-13-18)19-14-7-4-8-15-19/h4-15H,1-3H3;3-15H,1-2H3. The van der Waals surface area contributed by atoms with Crippen molar-refractivity contribution in [2.75, 3.05) is 0 Å². The second kappa shape index (κ2) is 15.1. The number of rotatable bonds is 8. The second-order valence-corrected chi connectivity index (χ2v) is 17.5. The molecule has 0 aliphatic rings. The molecule has 6 rings (SSSR count). The summed E-state index contributed by atoms with van der Waals surface area (Å²) in [5.41, 5.74) is 5.09. The lowest BCUT2D eigenvalue weighted by Gasteiger charge is -2.20. The van der Waals surface area contributed by atoms with E-state index in [4.69, 9.17) is 0 Å². The van der Waals surface area contributed by atoms with Crippen LogP contribution in [0.4, 0.5) is 0 Å². The van der Waals surface area contributed by atoms with E-state index in [-0.39, 0.29) is 11.0 Å².